The Balaban J connectivity index is 1.29. The Hall–Kier alpha value is -2.81. The molecule has 2 aliphatic heterocycles. The van der Waals surface area contributed by atoms with Crippen LogP contribution in [0, 0.1) is 5.92 Å². The number of carbonyl (C=O) groups excluding carboxylic acids is 2. The van der Waals surface area contributed by atoms with E-state index in [0.717, 1.165) is 24.8 Å². The molecule has 9 heteroatoms. The number of ether oxygens (including phenoxy) is 1. The minimum atomic E-state index is -0.284. The number of pyridine rings is 1. The fourth-order valence-electron chi connectivity index (χ4n) is 4.43. The smallest absolute Gasteiger partial charge is 0.273 e. The van der Waals surface area contributed by atoms with Crippen molar-refractivity contribution in [1.82, 2.24) is 30.6 Å². The topological polar surface area (TPSA) is 113 Å². The van der Waals surface area contributed by atoms with Crippen molar-refractivity contribution in [3.8, 4) is 0 Å². The largest absolute Gasteiger partial charge is 0.374 e. The van der Waals surface area contributed by atoms with Crippen LogP contribution < -0.4 is 5.32 Å². The van der Waals surface area contributed by atoms with Crippen LogP contribution in [0.2, 0.25) is 0 Å². The summed E-state index contributed by atoms with van der Waals surface area (Å²) in [6, 6.07) is -0.142. The second-order valence-corrected chi connectivity index (χ2v) is 7.36. The molecule has 0 spiro atoms. The van der Waals surface area contributed by atoms with Crippen molar-refractivity contribution in [3.05, 3.63) is 41.0 Å². The molecule has 4 heterocycles. The third kappa shape index (κ3) is 2.78. The number of H-pyrrole nitrogens is 1. The number of nitrogens with zero attached hydrogens (tertiary/aromatic N) is 4. The lowest BCUT2D eigenvalue weighted by Gasteiger charge is -2.21. The molecule has 1 aliphatic carbocycles. The van der Waals surface area contributed by atoms with Crippen molar-refractivity contribution in [2.45, 2.75) is 31.4 Å². The number of rotatable bonds is 3. The third-order valence-corrected chi connectivity index (χ3v) is 5.82. The van der Waals surface area contributed by atoms with Gasteiger partial charge in [-0.3, -0.25) is 14.6 Å². The lowest BCUT2D eigenvalue weighted by Crippen LogP contribution is -2.42. The Kier molecular flexibility index (Phi) is 3.89. The highest BCUT2D eigenvalue weighted by Gasteiger charge is 2.46. The minimum Gasteiger partial charge on any atom is -0.374 e. The summed E-state index contributed by atoms with van der Waals surface area (Å²) in [4.78, 5) is 31.4. The molecular weight excluding hydrogens is 348 g/mol. The molecule has 3 atom stereocenters. The predicted molar refractivity (Wildman–Crippen MR) is 93.0 cm³/mol. The molecule has 5 rings (SSSR count). The number of aromatic amines is 1. The van der Waals surface area contributed by atoms with Gasteiger partial charge in [0.2, 0.25) is 0 Å². The molecular formula is C18H20N6O3. The number of hydrogen-bond donors (Lipinski definition) is 2. The standard InChI is InChI=1S/C18H20N6O3/c25-17(14-6-20-23-22-14)21-15-9-27-16-8-24(7-13(15)16)18(26)12-5-19-4-10-2-1-3-11(10)12/h4-6,13,15-16H,1-3,7-9H2,(H,21,25)(H,20,22,23)/t13-,15-,16-/m1/s1. The summed E-state index contributed by atoms with van der Waals surface area (Å²) in [5.74, 6) is -0.191. The first-order valence-electron chi connectivity index (χ1n) is 9.24. The molecule has 27 heavy (non-hydrogen) atoms. The monoisotopic (exact) mass is 368 g/mol. The van der Waals surface area contributed by atoms with Crippen LogP contribution in [0.3, 0.4) is 0 Å². The molecule has 0 radical (unpaired) electrons. The van der Waals surface area contributed by atoms with E-state index in [-0.39, 0.29) is 35.6 Å². The second-order valence-electron chi connectivity index (χ2n) is 7.36. The van der Waals surface area contributed by atoms with Gasteiger partial charge in [-0.05, 0) is 30.4 Å². The average molecular weight is 368 g/mol. The molecule has 0 unspecified atom stereocenters. The molecule has 3 aliphatic rings. The number of hydrogen-bond acceptors (Lipinski definition) is 6. The number of likely N-dealkylation sites (tertiary alicyclic amines) is 1. The predicted octanol–water partition coefficient (Wildman–Crippen LogP) is -0.0422. The summed E-state index contributed by atoms with van der Waals surface area (Å²) < 4.78 is 5.85. The highest BCUT2D eigenvalue weighted by atomic mass is 16.5. The average Bonchev–Trinajstić information content (AvgIpc) is 3.44. The zero-order valence-corrected chi connectivity index (χ0v) is 14.7. The van der Waals surface area contributed by atoms with E-state index < -0.39 is 0 Å². The number of amides is 2. The number of fused-ring (bicyclic) bond motifs is 2. The van der Waals surface area contributed by atoms with E-state index in [1.54, 1.807) is 6.20 Å². The molecule has 2 aromatic rings. The van der Waals surface area contributed by atoms with Crippen molar-refractivity contribution in [1.29, 1.82) is 0 Å². The first-order chi connectivity index (χ1) is 13.2. The molecule has 0 bridgehead atoms. The Labute approximate surface area is 155 Å². The zero-order chi connectivity index (χ0) is 18.4. The maximum Gasteiger partial charge on any atom is 0.273 e. The van der Waals surface area contributed by atoms with E-state index in [0.29, 0.717) is 25.3 Å². The summed E-state index contributed by atoms with van der Waals surface area (Å²) in [7, 11) is 0. The van der Waals surface area contributed by atoms with Crippen molar-refractivity contribution in [2.24, 2.45) is 5.92 Å². The quantitative estimate of drug-likeness (QED) is 0.786. The van der Waals surface area contributed by atoms with Gasteiger partial charge in [-0.2, -0.15) is 15.4 Å². The summed E-state index contributed by atoms with van der Waals surface area (Å²) in [5, 5.41) is 12.8. The molecule has 0 saturated carbocycles. The normalized spacial score (nSPS) is 26.1. The molecule has 2 fully saturated rings. The molecule has 2 aromatic heterocycles. The third-order valence-electron chi connectivity index (χ3n) is 5.82. The van der Waals surface area contributed by atoms with Gasteiger partial charge in [0.1, 0.15) is 0 Å². The van der Waals surface area contributed by atoms with Gasteiger partial charge < -0.3 is 15.0 Å². The van der Waals surface area contributed by atoms with Gasteiger partial charge in [0, 0.05) is 31.4 Å². The van der Waals surface area contributed by atoms with Crippen LogP contribution in [0.15, 0.2) is 18.6 Å². The van der Waals surface area contributed by atoms with Crippen molar-refractivity contribution < 1.29 is 14.3 Å². The first kappa shape index (κ1) is 16.4. The molecule has 9 nitrogen and oxygen atoms in total. The maximum absolute atomic E-state index is 13.1. The van der Waals surface area contributed by atoms with Gasteiger partial charge in [0.05, 0.1) is 30.5 Å². The second kappa shape index (κ2) is 6.41. The van der Waals surface area contributed by atoms with E-state index in [1.165, 1.54) is 11.8 Å². The van der Waals surface area contributed by atoms with E-state index in [2.05, 4.69) is 25.7 Å². The van der Waals surface area contributed by atoms with Gasteiger partial charge in [-0.25, -0.2) is 0 Å². The lowest BCUT2D eigenvalue weighted by atomic mass is 10.00. The summed E-state index contributed by atoms with van der Waals surface area (Å²) in [6.07, 6.45) is 7.89. The summed E-state index contributed by atoms with van der Waals surface area (Å²) in [6.45, 7) is 1.56. The van der Waals surface area contributed by atoms with Gasteiger partial charge in [0.15, 0.2) is 5.69 Å². The Morgan fingerprint density at radius 2 is 2.15 bits per heavy atom. The maximum atomic E-state index is 13.1. The van der Waals surface area contributed by atoms with Gasteiger partial charge in [-0.1, -0.05) is 0 Å². The van der Waals surface area contributed by atoms with Crippen molar-refractivity contribution in [2.75, 3.05) is 19.7 Å². The van der Waals surface area contributed by atoms with E-state index >= 15 is 0 Å². The number of aryl methyl sites for hydroxylation is 1. The fourth-order valence-corrected chi connectivity index (χ4v) is 4.43. The van der Waals surface area contributed by atoms with Crippen LogP contribution in [-0.4, -0.2) is 69.0 Å². The fraction of sp³-hybridized carbons (Fsp3) is 0.500. The van der Waals surface area contributed by atoms with Gasteiger partial charge >= 0.3 is 0 Å². The molecule has 2 N–H and O–H groups in total. The highest BCUT2D eigenvalue weighted by Crippen LogP contribution is 2.32. The van der Waals surface area contributed by atoms with Crippen LogP contribution in [0.5, 0.6) is 0 Å². The van der Waals surface area contributed by atoms with Crippen molar-refractivity contribution in [3.63, 3.8) is 0 Å². The molecule has 0 aromatic carbocycles. The number of carbonyl (C=O) groups is 2. The Morgan fingerprint density at radius 3 is 3.00 bits per heavy atom. The Morgan fingerprint density at radius 1 is 1.22 bits per heavy atom. The van der Waals surface area contributed by atoms with Crippen LogP contribution >= 0.6 is 0 Å². The van der Waals surface area contributed by atoms with E-state index in [4.69, 9.17) is 4.74 Å². The highest BCUT2D eigenvalue weighted by molar-refractivity contribution is 5.96. The van der Waals surface area contributed by atoms with Crippen LogP contribution in [-0.2, 0) is 17.6 Å². The summed E-state index contributed by atoms with van der Waals surface area (Å²) >= 11 is 0. The number of aromatic nitrogens is 4. The van der Waals surface area contributed by atoms with Crippen LogP contribution in [0.25, 0.3) is 0 Å². The lowest BCUT2D eigenvalue weighted by molar-refractivity contribution is 0.0681. The molecule has 2 saturated heterocycles. The number of nitrogens with one attached hydrogen (secondary N) is 2. The van der Waals surface area contributed by atoms with E-state index in [9.17, 15) is 9.59 Å². The molecule has 2 amide bonds. The van der Waals surface area contributed by atoms with Crippen molar-refractivity contribution >= 4 is 11.8 Å². The Bertz CT molecular complexity index is 883. The van der Waals surface area contributed by atoms with Gasteiger partial charge in [-0.15, -0.1) is 0 Å². The van der Waals surface area contributed by atoms with E-state index in [1.807, 2.05) is 11.1 Å². The SMILES string of the molecule is O=C(N[C@@H]1CO[C@@H]2CN(C(=O)c3cncc4c3CCC4)C[C@H]12)c1cn[nH]n1. The first-order valence-corrected chi connectivity index (χ1v) is 9.24. The van der Waals surface area contributed by atoms with Gasteiger partial charge in [0.25, 0.3) is 11.8 Å². The van der Waals surface area contributed by atoms with Crippen LogP contribution in [0.4, 0.5) is 0 Å². The zero-order valence-electron chi connectivity index (χ0n) is 14.7. The molecule has 140 valence electrons. The summed E-state index contributed by atoms with van der Waals surface area (Å²) in [5.41, 5.74) is 3.29. The minimum absolute atomic E-state index is 0.0147. The van der Waals surface area contributed by atoms with Crippen LogP contribution in [0.1, 0.15) is 38.4 Å².